The van der Waals surface area contributed by atoms with Crippen LogP contribution in [0.15, 0.2) is 24.4 Å². The molecule has 0 spiro atoms. The smallest absolute Gasteiger partial charge is 0.185 e. The fraction of sp³-hybridized carbons (Fsp3) is 0.409. The fourth-order valence-corrected chi connectivity index (χ4v) is 4.63. The Kier molecular flexibility index (Phi) is 4.65. The summed E-state index contributed by atoms with van der Waals surface area (Å²) in [5.41, 5.74) is 2.21. The van der Waals surface area contributed by atoms with Crippen molar-refractivity contribution in [2.24, 2.45) is 0 Å². The molecule has 2 aliphatic heterocycles. The maximum absolute atomic E-state index is 12.7. The van der Waals surface area contributed by atoms with Crippen LogP contribution < -0.4 is 9.64 Å². The Hall–Kier alpha value is -3.16. The Labute approximate surface area is 185 Å². The lowest BCUT2D eigenvalue weighted by Gasteiger charge is -2.41. The lowest BCUT2D eigenvalue weighted by Crippen LogP contribution is -2.52. The van der Waals surface area contributed by atoms with Crippen molar-refractivity contribution in [3.05, 3.63) is 35.7 Å². The summed E-state index contributed by atoms with van der Waals surface area (Å²) in [5.74, 6) is 1.31. The van der Waals surface area contributed by atoms with E-state index in [-0.39, 0.29) is 6.04 Å². The van der Waals surface area contributed by atoms with Crippen molar-refractivity contribution in [2.75, 3.05) is 37.5 Å². The van der Waals surface area contributed by atoms with Gasteiger partial charge in [-0.25, -0.2) is 18.4 Å². The van der Waals surface area contributed by atoms with Crippen molar-refractivity contribution in [2.45, 2.75) is 24.6 Å². The fourth-order valence-electron chi connectivity index (χ4n) is 4.14. The molecule has 0 bridgehead atoms. The number of nitrogens with zero attached hydrogens (tertiary/aromatic N) is 4. The summed E-state index contributed by atoms with van der Waals surface area (Å²) in [6.45, 7) is 5.30. The first-order chi connectivity index (χ1) is 15.2. The van der Waals surface area contributed by atoms with Crippen LogP contribution in [0.3, 0.4) is 0 Å². The van der Waals surface area contributed by atoms with E-state index >= 15 is 0 Å². The molecule has 2 aliphatic rings. The van der Waals surface area contributed by atoms with Crippen LogP contribution in [-0.2, 0) is 19.3 Å². The molecule has 1 fully saturated rings. The molecule has 0 amide bonds. The molecular formula is C22H23N5O4S. The molecule has 3 aromatic rings. The molecule has 166 valence electrons. The van der Waals surface area contributed by atoms with Gasteiger partial charge in [0, 0.05) is 35.5 Å². The van der Waals surface area contributed by atoms with Crippen LogP contribution in [0.5, 0.6) is 5.75 Å². The van der Waals surface area contributed by atoms with Gasteiger partial charge >= 0.3 is 0 Å². The first kappa shape index (κ1) is 20.7. The number of aromatic nitrogens is 3. The molecule has 1 atom stereocenters. The standard InChI is InChI=1S/C22H23N5O4S/c1-22(2,32(3,28)29)19-18-21(27-6-7-30-11-14(27)12-31-18)26-20(25-19)16-8-13(10-23)9-17-15(16)4-5-24-17/h4-5,8-9,14,24H,6-7,11-12H2,1-3H3. The molecule has 1 aromatic carbocycles. The average Bonchev–Trinajstić information content (AvgIpc) is 3.25. The highest BCUT2D eigenvalue weighted by molar-refractivity contribution is 7.91. The van der Waals surface area contributed by atoms with Gasteiger partial charge in [0.25, 0.3) is 0 Å². The maximum Gasteiger partial charge on any atom is 0.185 e. The Bertz CT molecular complexity index is 1370. The van der Waals surface area contributed by atoms with E-state index in [0.717, 1.165) is 10.9 Å². The molecule has 0 radical (unpaired) electrons. The lowest BCUT2D eigenvalue weighted by atomic mass is 10.0. The number of anilines is 1. The number of fused-ring (bicyclic) bond motifs is 4. The molecule has 1 saturated heterocycles. The first-order valence-electron chi connectivity index (χ1n) is 10.3. The van der Waals surface area contributed by atoms with Gasteiger partial charge < -0.3 is 19.4 Å². The van der Waals surface area contributed by atoms with Crippen LogP contribution in [0.2, 0.25) is 0 Å². The summed E-state index contributed by atoms with van der Waals surface area (Å²) in [6, 6.07) is 7.55. The van der Waals surface area contributed by atoms with Crippen LogP contribution in [0.4, 0.5) is 5.82 Å². The number of aromatic amines is 1. The number of hydrogen-bond donors (Lipinski definition) is 1. The molecule has 32 heavy (non-hydrogen) atoms. The quantitative estimate of drug-likeness (QED) is 0.642. The molecule has 9 nitrogen and oxygen atoms in total. The molecular weight excluding hydrogens is 430 g/mol. The SMILES string of the molecule is CC(C)(c1nc(-c2cc(C#N)cc3[nH]ccc23)nc2c1OCC1COCCN21)S(C)(=O)=O. The molecule has 4 heterocycles. The highest BCUT2D eigenvalue weighted by Crippen LogP contribution is 2.44. The first-order valence-corrected chi connectivity index (χ1v) is 12.2. The molecule has 0 aliphatic carbocycles. The molecule has 0 saturated carbocycles. The Balaban J connectivity index is 1.82. The van der Waals surface area contributed by atoms with Crippen molar-refractivity contribution in [1.82, 2.24) is 15.0 Å². The molecule has 10 heteroatoms. The third-order valence-corrected chi connectivity index (χ3v) is 8.35. The summed E-state index contributed by atoms with van der Waals surface area (Å²) in [6.07, 6.45) is 2.98. The predicted octanol–water partition coefficient (Wildman–Crippen LogP) is 2.37. The molecule has 2 aromatic heterocycles. The third kappa shape index (κ3) is 3.12. The molecule has 1 unspecified atom stereocenters. The van der Waals surface area contributed by atoms with Gasteiger partial charge in [0.05, 0.1) is 30.9 Å². The third-order valence-electron chi connectivity index (χ3n) is 6.30. The van der Waals surface area contributed by atoms with Gasteiger partial charge in [-0.3, -0.25) is 0 Å². The number of morpholine rings is 1. The number of hydrogen-bond acceptors (Lipinski definition) is 8. The van der Waals surface area contributed by atoms with Crippen LogP contribution in [0, 0.1) is 11.3 Å². The summed E-state index contributed by atoms with van der Waals surface area (Å²) in [7, 11) is -3.53. The molecule has 5 rings (SSSR count). The summed E-state index contributed by atoms with van der Waals surface area (Å²) in [4.78, 5) is 14.8. The zero-order chi connectivity index (χ0) is 22.7. The normalized spacial score (nSPS) is 18.6. The van der Waals surface area contributed by atoms with E-state index in [1.165, 1.54) is 6.26 Å². The van der Waals surface area contributed by atoms with Crippen molar-refractivity contribution >= 4 is 26.6 Å². The van der Waals surface area contributed by atoms with Crippen LogP contribution >= 0.6 is 0 Å². The zero-order valence-electron chi connectivity index (χ0n) is 18.0. The Morgan fingerprint density at radius 1 is 1.28 bits per heavy atom. The van der Waals surface area contributed by atoms with Gasteiger partial charge in [-0.2, -0.15) is 5.26 Å². The number of rotatable bonds is 3. The zero-order valence-corrected chi connectivity index (χ0v) is 18.9. The van der Waals surface area contributed by atoms with Crippen molar-refractivity contribution in [3.8, 4) is 23.2 Å². The summed E-state index contributed by atoms with van der Waals surface area (Å²) < 4.78 is 35.8. The van der Waals surface area contributed by atoms with Crippen LogP contribution in [-0.4, -0.2) is 62.0 Å². The average molecular weight is 454 g/mol. The van der Waals surface area contributed by atoms with E-state index in [1.54, 1.807) is 32.2 Å². The number of benzene rings is 1. The topological polar surface area (TPSA) is 121 Å². The monoisotopic (exact) mass is 453 g/mol. The second kappa shape index (κ2) is 7.18. The minimum atomic E-state index is -3.53. The largest absolute Gasteiger partial charge is 0.486 e. The van der Waals surface area contributed by atoms with Crippen molar-refractivity contribution in [3.63, 3.8) is 0 Å². The predicted molar refractivity (Wildman–Crippen MR) is 119 cm³/mol. The van der Waals surface area contributed by atoms with Gasteiger partial charge in [0.15, 0.2) is 27.2 Å². The number of ether oxygens (including phenoxy) is 2. The lowest BCUT2D eigenvalue weighted by molar-refractivity contribution is 0.0691. The second-order valence-electron chi connectivity index (χ2n) is 8.64. The Morgan fingerprint density at radius 2 is 2.09 bits per heavy atom. The summed E-state index contributed by atoms with van der Waals surface area (Å²) in [5, 5.41) is 10.4. The minimum absolute atomic E-state index is 0.00841. The second-order valence-corrected chi connectivity index (χ2v) is 11.2. The van der Waals surface area contributed by atoms with E-state index in [2.05, 4.69) is 16.0 Å². The van der Waals surface area contributed by atoms with E-state index in [9.17, 15) is 13.7 Å². The number of sulfone groups is 1. The number of H-pyrrole nitrogens is 1. The highest BCUT2D eigenvalue weighted by atomic mass is 32.2. The van der Waals surface area contributed by atoms with Gasteiger partial charge in [0.1, 0.15) is 17.0 Å². The van der Waals surface area contributed by atoms with E-state index < -0.39 is 14.6 Å². The highest BCUT2D eigenvalue weighted by Gasteiger charge is 2.42. The van der Waals surface area contributed by atoms with E-state index in [0.29, 0.717) is 60.6 Å². The number of nitriles is 1. The van der Waals surface area contributed by atoms with Gasteiger partial charge in [-0.15, -0.1) is 0 Å². The van der Waals surface area contributed by atoms with E-state index in [1.807, 2.05) is 6.07 Å². The Morgan fingerprint density at radius 3 is 2.84 bits per heavy atom. The van der Waals surface area contributed by atoms with Crippen molar-refractivity contribution < 1.29 is 17.9 Å². The van der Waals surface area contributed by atoms with Crippen LogP contribution in [0.25, 0.3) is 22.3 Å². The minimum Gasteiger partial charge on any atom is -0.486 e. The van der Waals surface area contributed by atoms with Gasteiger partial charge in [-0.05, 0) is 32.0 Å². The van der Waals surface area contributed by atoms with Crippen molar-refractivity contribution in [1.29, 1.82) is 5.26 Å². The van der Waals surface area contributed by atoms with Gasteiger partial charge in [0.2, 0.25) is 0 Å². The van der Waals surface area contributed by atoms with Crippen LogP contribution in [0.1, 0.15) is 25.1 Å². The summed E-state index contributed by atoms with van der Waals surface area (Å²) >= 11 is 0. The van der Waals surface area contributed by atoms with Gasteiger partial charge in [-0.1, -0.05) is 0 Å². The molecule has 1 N–H and O–H groups in total. The number of nitrogens with one attached hydrogen (secondary N) is 1. The maximum atomic E-state index is 12.7. The van der Waals surface area contributed by atoms with E-state index in [4.69, 9.17) is 19.4 Å².